The van der Waals surface area contributed by atoms with E-state index in [4.69, 9.17) is 26.7 Å². The topological polar surface area (TPSA) is 152 Å². The fourth-order valence-corrected chi connectivity index (χ4v) is 1.95. The Bertz CT molecular complexity index is 643. The van der Waals surface area contributed by atoms with E-state index >= 15 is 0 Å². The Hall–Kier alpha value is -2.94. The molecule has 0 spiro atoms. The molecule has 2 amide bonds. The SMILES string of the molecule is NC(=O)OCC=CCNc1c(N)cc(C(N)=O)cc1OC1CCO1. The fourth-order valence-electron chi connectivity index (χ4n) is 1.95. The summed E-state index contributed by atoms with van der Waals surface area (Å²) < 4.78 is 15.5. The summed E-state index contributed by atoms with van der Waals surface area (Å²) in [5.74, 6) is -0.216. The molecule has 0 aliphatic carbocycles. The molecule has 1 fully saturated rings. The van der Waals surface area contributed by atoms with Crippen LogP contribution in [-0.2, 0) is 9.47 Å². The first-order chi connectivity index (χ1) is 11.5. The van der Waals surface area contributed by atoms with Crippen molar-refractivity contribution in [2.75, 3.05) is 30.8 Å². The maximum Gasteiger partial charge on any atom is 0.404 e. The van der Waals surface area contributed by atoms with Crippen LogP contribution in [0.2, 0.25) is 0 Å². The number of amides is 2. The van der Waals surface area contributed by atoms with Gasteiger partial charge in [-0.2, -0.15) is 0 Å². The van der Waals surface area contributed by atoms with Crippen LogP contribution in [0.4, 0.5) is 16.2 Å². The van der Waals surface area contributed by atoms with Gasteiger partial charge < -0.3 is 36.7 Å². The van der Waals surface area contributed by atoms with Crippen molar-refractivity contribution in [2.24, 2.45) is 11.5 Å². The van der Waals surface area contributed by atoms with Crippen molar-refractivity contribution in [3.63, 3.8) is 0 Å². The van der Waals surface area contributed by atoms with Crippen LogP contribution in [0.5, 0.6) is 5.75 Å². The van der Waals surface area contributed by atoms with Crippen LogP contribution in [0.3, 0.4) is 0 Å². The van der Waals surface area contributed by atoms with Crippen LogP contribution in [0, 0.1) is 0 Å². The highest BCUT2D eigenvalue weighted by Gasteiger charge is 2.22. The zero-order valence-electron chi connectivity index (χ0n) is 13.0. The predicted molar refractivity (Wildman–Crippen MR) is 87.5 cm³/mol. The van der Waals surface area contributed by atoms with Crippen LogP contribution in [0.15, 0.2) is 24.3 Å². The number of hydrogen-bond acceptors (Lipinski definition) is 7. The average Bonchev–Trinajstić information content (AvgIpc) is 2.47. The summed E-state index contributed by atoms with van der Waals surface area (Å²) in [5.41, 5.74) is 17.2. The minimum Gasteiger partial charge on any atom is -0.463 e. The monoisotopic (exact) mass is 336 g/mol. The van der Waals surface area contributed by atoms with Gasteiger partial charge >= 0.3 is 6.09 Å². The molecule has 0 radical (unpaired) electrons. The normalized spacial score (nSPS) is 16.4. The van der Waals surface area contributed by atoms with Crippen molar-refractivity contribution in [3.05, 3.63) is 29.8 Å². The lowest BCUT2D eigenvalue weighted by molar-refractivity contribution is -0.165. The molecule has 2 rings (SSSR count). The molecule has 1 aliphatic heterocycles. The smallest absolute Gasteiger partial charge is 0.404 e. The first-order valence-corrected chi connectivity index (χ1v) is 7.30. The van der Waals surface area contributed by atoms with Crippen molar-refractivity contribution in [1.29, 1.82) is 0 Å². The second kappa shape index (κ2) is 8.06. The molecule has 1 aliphatic rings. The summed E-state index contributed by atoms with van der Waals surface area (Å²) in [4.78, 5) is 21.8. The minimum absolute atomic E-state index is 0.0758. The lowest BCUT2D eigenvalue weighted by Crippen LogP contribution is -2.32. The van der Waals surface area contributed by atoms with Gasteiger partial charge in [-0.25, -0.2) is 4.79 Å². The summed E-state index contributed by atoms with van der Waals surface area (Å²) in [5, 5.41) is 3.07. The highest BCUT2D eigenvalue weighted by molar-refractivity contribution is 5.96. The van der Waals surface area contributed by atoms with Gasteiger partial charge in [0.25, 0.3) is 0 Å². The number of anilines is 2. The van der Waals surface area contributed by atoms with E-state index in [1.54, 1.807) is 12.2 Å². The molecule has 7 N–H and O–H groups in total. The number of primary amides is 2. The van der Waals surface area contributed by atoms with Crippen molar-refractivity contribution >= 4 is 23.4 Å². The Balaban J connectivity index is 2.05. The third kappa shape index (κ3) is 4.78. The molecular formula is C15H20N4O5. The molecule has 1 heterocycles. The standard InChI is InChI=1S/C15H20N4O5/c16-10-7-9(14(17)20)8-11(24-12-3-6-22-12)13(10)19-4-1-2-5-23-15(18)21/h1-2,7-8,12,19H,3-6,16H2,(H2,17,20)(H2,18,21). The Morgan fingerprint density at radius 2 is 2.08 bits per heavy atom. The Kier molecular flexibility index (Phi) is 5.85. The molecule has 0 aromatic heterocycles. The largest absolute Gasteiger partial charge is 0.463 e. The van der Waals surface area contributed by atoms with Crippen LogP contribution in [0.1, 0.15) is 16.8 Å². The van der Waals surface area contributed by atoms with Crippen LogP contribution < -0.4 is 27.3 Å². The summed E-state index contributed by atoms with van der Waals surface area (Å²) >= 11 is 0. The van der Waals surface area contributed by atoms with E-state index in [9.17, 15) is 9.59 Å². The predicted octanol–water partition coefficient (Wildman–Crippen LogP) is 0.556. The van der Waals surface area contributed by atoms with Gasteiger partial charge in [0, 0.05) is 18.5 Å². The van der Waals surface area contributed by atoms with Crippen LogP contribution in [0.25, 0.3) is 0 Å². The number of rotatable bonds is 8. The van der Waals surface area contributed by atoms with Crippen LogP contribution >= 0.6 is 0 Å². The quantitative estimate of drug-likeness (QED) is 0.399. The third-order valence-corrected chi connectivity index (χ3v) is 3.22. The first kappa shape index (κ1) is 17.4. The van der Waals surface area contributed by atoms with E-state index in [0.29, 0.717) is 30.3 Å². The minimum atomic E-state index is -0.838. The number of benzene rings is 1. The van der Waals surface area contributed by atoms with E-state index in [1.807, 2.05) is 0 Å². The number of carbonyl (C=O) groups is 2. The van der Waals surface area contributed by atoms with Gasteiger partial charge in [0.05, 0.1) is 12.3 Å². The number of hydrogen-bond donors (Lipinski definition) is 4. The molecule has 24 heavy (non-hydrogen) atoms. The maximum absolute atomic E-state index is 11.4. The van der Waals surface area contributed by atoms with E-state index < -0.39 is 12.0 Å². The van der Waals surface area contributed by atoms with Crippen molar-refractivity contribution < 1.29 is 23.8 Å². The summed E-state index contributed by atoms with van der Waals surface area (Å²) in [7, 11) is 0. The van der Waals surface area contributed by atoms with Gasteiger partial charge in [0.1, 0.15) is 18.0 Å². The summed E-state index contributed by atoms with van der Waals surface area (Å²) in [6.07, 6.45) is 2.91. The number of carbonyl (C=O) groups excluding carboxylic acids is 2. The van der Waals surface area contributed by atoms with Crippen molar-refractivity contribution in [1.82, 2.24) is 0 Å². The molecule has 0 saturated carbocycles. The van der Waals surface area contributed by atoms with Gasteiger partial charge in [-0.05, 0) is 18.2 Å². The van der Waals surface area contributed by atoms with Gasteiger partial charge in [0.15, 0.2) is 0 Å². The number of nitrogen functional groups attached to an aromatic ring is 1. The molecule has 9 nitrogen and oxygen atoms in total. The first-order valence-electron chi connectivity index (χ1n) is 7.30. The molecule has 9 heteroatoms. The average molecular weight is 336 g/mol. The molecule has 1 aromatic carbocycles. The van der Waals surface area contributed by atoms with Gasteiger partial charge in [-0.15, -0.1) is 0 Å². The van der Waals surface area contributed by atoms with Gasteiger partial charge in [-0.1, -0.05) is 6.08 Å². The molecular weight excluding hydrogens is 316 g/mol. The molecule has 1 atom stereocenters. The Labute approximate surface area is 138 Å². The maximum atomic E-state index is 11.4. The Morgan fingerprint density at radius 1 is 1.33 bits per heavy atom. The van der Waals surface area contributed by atoms with Crippen LogP contribution in [-0.4, -0.2) is 38.0 Å². The molecule has 130 valence electrons. The van der Waals surface area contributed by atoms with Crippen molar-refractivity contribution in [2.45, 2.75) is 12.7 Å². The van der Waals surface area contributed by atoms with E-state index in [0.717, 1.165) is 6.42 Å². The highest BCUT2D eigenvalue weighted by atomic mass is 16.7. The third-order valence-electron chi connectivity index (χ3n) is 3.22. The zero-order chi connectivity index (χ0) is 17.5. The molecule has 1 saturated heterocycles. The fraction of sp³-hybridized carbons (Fsp3) is 0.333. The van der Waals surface area contributed by atoms with E-state index in [1.165, 1.54) is 12.1 Å². The molecule has 0 bridgehead atoms. The number of nitrogens with one attached hydrogen (secondary N) is 1. The van der Waals surface area contributed by atoms with Crippen molar-refractivity contribution in [3.8, 4) is 5.75 Å². The van der Waals surface area contributed by atoms with E-state index in [-0.39, 0.29) is 18.5 Å². The Morgan fingerprint density at radius 3 is 2.67 bits per heavy atom. The second-order valence-electron chi connectivity index (χ2n) is 4.99. The van der Waals surface area contributed by atoms with Gasteiger partial charge in [0.2, 0.25) is 12.2 Å². The number of ether oxygens (including phenoxy) is 3. The lowest BCUT2D eigenvalue weighted by atomic mass is 10.1. The van der Waals surface area contributed by atoms with E-state index in [2.05, 4.69) is 10.1 Å². The second-order valence-corrected chi connectivity index (χ2v) is 4.99. The van der Waals surface area contributed by atoms with Gasteiger partial charge in [-0.3, -0.25) is 4.79 Å². The number of nitrogens with two attached hydrogens (primary N) is 3. The lowest BCUT2D eigenvalue weighted by Gasteiger charge is -2.28. The molecule has 1 unspecified atom stereocenters. The zero-order valence-corrected chi connectivity index (χ0v) is 13.0. The molecule has 1 aromatic rings. The summed E-state index contributed by atoms with van der Waals surface area (Å²) in [6, 6.07) is 2.99. The summed E-state index contributed by atoms with van der Waals surface area (Å²) in [6.45, 7) is 1.09. The highest BCUT2D eigenvalue weighted by Crippen LogP contribution is 2.34.